The Labute approximate surface area is 120 Å². The zero-order chi connectivity index (χ0) is 14.4. The smallest absolute Gasteiger partial charge is 0.261 e. The van der Waals surface area contributed by atoms with Crippen LogP contribution >= 0.6 is 0 Å². The summed E-state index contributed by atoms with van der Waals surface area (Å²) in [5.41, 5.74) is 0. The summed E-state index contributed by atoms with van der Waals surface area (Å²) < 4.78 is 5.73. The Morgan fingerprint density at radius 3 is 2.80 bits per heavy atom. The zero-order valence-corrected chi connectivity index (χ0v) is 11.9. The second-order valence-corrected chi connectivity index (χ2v) is 5.32. The highest BCUT2D eigenvalue weighted by Crippen LogP contribution is 2.25. The summed E-state index contributed by atoms with van der Waals surface area (Å²) in [6.45, 7) is 2.08. The summed E-state index contributed by atoms with van der Waals surface area (Å²) in [6, 6.07) is 9.47. The normalized spacial score (nSPS) is 23.3. The number of hydrogen-bond acceptors (Lipinski definition) is 3. The van der Waals surface area contributed by atoms with Crippen molar-refractivity contribution in [3.8, 4) is 5.75 Å². The van der Waals surface area contributed by atoms with E-state index >= 15 is 0 Å². The number of aliphatic hydroxyl groups is 1. The Morgan fingerprint density at radius 2 is 2.15 bits per heavy atom. The highest BCUT2D eigenvalue weighted by atomic mass is 16.5. The molecule has 3 unspecified atom stereocenters. The van der Waals surface area contributed by atoms with Gasteiger partial charge in [0.05, 0.1) is 0 Å². The summed E-state index contributed by atoms with van der Waals surface area (Å²) in [6.07, 6.45) is 3.14. The fourth-order valence-corrected chi connectivity index (χ4v) is 2.71. The molecule has 4 nitrogen and oxygen atoms in total. The van der Waals surface area contributed by atoms with Crippen molar-refractivity contribution in [2.75, 3.05) is 6.61 Å². The van der Waals surface area contributed by atoms with Crippen LogP contribution in [-0.2, 0) is 4.79 Å². The Hall–Kier alpha value is -1.55. The van der Waals surface area contributed by atoms with Crippen LogP contribution in [0.2, 0.25) is 0 Å². The van der Waals surface area contributed by atoms with Crippen molar-refractivity contribution in [2.24, 2.45) is 5.92 Å². The van der Waals surface area contributed by atoms with Gasteiger partial charge in [-0.1, -0.05) is 31.5 Å². The quantitative estimate of drug-likeness (QED) is 0.837. The van der Waals surface area contributed by atoms with Crippen molar-refractivity contribution >= 4 is 5.91 Å². The number of carbonyl (C=O) groups excluding carboxylic acids is 1. The molecule has 0 saturated heterocycles. The van der Waals surface area contributed by atoms with E-state index in [-0.39, 0.29) is 24.5 Å². The fraction of sp³-hybridized carbons (Fsp3) is 0.562. The number of para-hydroxylation sites is 1. The maximum atomic E-state index is 12.3. The standard InChI is InChI=1S/C16H23NO3/c1-2-15(20-13-8-4-3-5-9-13)16(19)17-14-10-6-7-12(14)11-18/h3-5,8-9,12,14-15,18H,2,6-7,10-11H2,1H3,(H,17,19). The second-order valence-electron chi connectivity index (χ2n) is 5.32. The number of aliphatic hydroxyl groups excluding tert-OH is 1. The molecular weight excluding hydrogens is 254 g/mol. The first-order valence-electron chi connectivity index (χ1n) is 7.37. The predicted molar refractivity (Wildman–Crippen MR) is 77.5 cm³/mol. The SMILES string of the molecule is CCC(Oc1ccccc1)C(=O)NC1CCCC1CO. The maximum Gasteiger partial charge on any atom is 0.261 e. The number of carbonyl (C=O) groups is 1. The number of ether oxygens (including phenoxy) is 1. The molecule has 1 aromatic rings. The lowest BCUT2D eigenvalue weighted by atomic mass is 10.0. The van der Waals surface area contributed by atoms with Crippen LogP contribution in [0.4, 0.5) is 0 Å². The Balaban J connectivity index is 1.92. The predicted octanol–water partition coefficient (Wildman–Crippen LogP) is 2.12. The van der Waals surface area contributed by atoms with E-state index in [1.165, 1.54) is 0 Å². The van der Waals surface area contributed by atoms with Crippen LogP contribution in [0.3, 0.4) is 0 Å². The van der Waals surface area contributed by atoms with Crippen molar-refractivity contribution < 1.29 is 14.6 Å². The van der Waals surface area contributed by atoms with Gasteiger partial charge in [0.15, 0.2) is 6.10 Å². The van der Waals surface area contributed by atoms with Gasteiger partial charge in [-0.3, -0.25) is 4.79 Å². The van der Waals surface area contributed by atoms with Gasteiger partial charge in [-0.25, -0.2) is 0 Å². The molecule has 1 fully saturated rings. The largest absolute Gasteiger partial charge is 0.481 e. The Bertz CT molecular complexity index is 421. The highest BCUT2D eigenvalue weighted by molar-refractivity contribution is 5.81. The molecule has 0 aromatic heterocycles. The van der Waals surface area contributed by atoms with Gasteiger partial charge < -0.3 is 15.2 Å². The molecule has 0 bridgehead atoms. The van der Waals surface area contributed by atoms with E-state index in [1.807, 2.05) is 37.3 Å². The van der Waals surface area contributed by atoms with Crippen LogP contribution in [0.5, 0.6) is 5.75 Å². The summed E-state index contributed by atoms with van der Waals surface area (Å²) in [5, 5.41) is 12.3. The van der Waals surface area contributed by atoms with Crippen molar-refractivity contribution in [3.05, 3.63) is 30.3 Å². The van der Waals surface area contributed by atoms with E-state index in [1.54, 1.807) is 0 Å². The molecule has 20 heavy (non-hydrogen) atoms. The molecule has 110 valence electrons. The molecule has 2 rings (SSSR count). The molecular formula is C16H23NO3. The van der Waals surface area contributed by atoms with Crippen LogP contribution < -0.4 is 10.1 Å². The molecule has 2 N–H and O–H groups in total. The van der Waals surface area contributed by atoms with Crippen LogP contribution in [-0.4, -0.2) is 29.8 Å². The van der Waals surface area contributed by atoms with E-state index in [9.17, 15) is 9.90 Å². The van der Waals surface area contributed by atoms with Gasteiger partial charge in [-0.2, -0.15) is 0 Å². The summed E-state index contributed by atoms with van der Waals surface area (Å²) in [5.74, 6) is 0.814. The van der Waals surface area contributed by atoms with Gasteiger partial charge in [0, 0.05) is 18.6 Å². The summed E-state index contributed by atoms with van der Waals surface area (Å²) in [4.78, 5) is 12.3. The van der Waals surface area contributed by atoms with Gasteiger partial charge in [0.25, 0.3) is 5.91 Å². The summed E-state index contributed by atoms with van der Waals surface area (Å²) in [7, 11) is 0. The van der Waals surface area contributed by atoms with E-state index in [2.05, 4.69) is 5.32 Å². The first kappa shape index (κ1) is 14.9. The molecule has 0 aliphatic heterocycles. The average molecular weight is 277 g/mol. The number of hydrogen-bond donors (Lipinski definition) is 2. The van der Waals surface area contributed by atoms with E-state index < -0.39 is 6.10 Å². The average Bonchev–Trinajstić information content (AvgIpc) is 2.92. The van der Waals surface area contributed by atoms with Crippen molar-refractivity contribution in [1.29, 1.82) is 0 Å². The topological polar surface area (TPSA) is 58.6 Å². The van der Waals surface area contributed by atoms with Gasteiger partial charge in [0.2, 0.25) is 0 Å². The van der Waals surface area contributed by atoms with Crippen LogP contribution in [0.25, 0.3) is 0 Å². The molecule has 1 saturated carbocycles. The van der Waals surface area contributed by atoms with Crippen molar-refractivity contribution in [1.82, 2.24) is 5.32 Å². The van der Waals surface area contributed by atoms with Crippen molar-refractivity contribution in [2.45, 2.75) is 44.8 Å². The first-order valence-corrected chi connectivity index (χ1v) is 7.37. The number of benzene rings is 1. The van der Waals surface area contributed by atoms with Gasteiger partial charge >= 0.3 is 0 Å². The molecule has 1 aromatic carbocycles. The maximum absolute atomic E-state index is 12.3. The Kier molecular flexibility index (Phi) is 5.41. The van der Waals surface area contributed by atoms with Crippen molar-refractivity contribution in [3.63, 3.8) is 0 Å². The van der Waals surface area contributed by atoms with E-state index in [0.717, 1.165) is 19.3 Å². The minimum Gasteiger partial charge on any atom is -0.481 e. The van der Waals surface area contributed by atoms with E-state index in [4.69, 9.17) is 4.74 Å². The monoisotopic (exact) mass is 277 g/mol. The molecule has 1 aliphatic rings. The number of rotatable bonds is 6. The molecule has 1 aliphatic carbocycles. The minimum atomic E-state index is -0.475. The van der Waals surface area contributed by atoms with Gasteiger partial charge in [-0.15, -0.1) is 0 Å². The fourth-order valence-electron chi connectivity index (χ4n) is 2.71. The molecule has 3 atom stereocenters. The lowest BCUT2D eigenvalue weighted by Gasteiger charge is -2.23. The molecule has 0 radical (unpaired) electrons. The third kappa shape index (κ3) is 3.73. The first-order chi connectivity index (χ1) is 9.74. The van der Waals surface area contributed by atoms with Crippen LogP contribution in [0, 0.1) is 5.92 Å². The van der Waals surface area contributed by atoms with Gasteiger partial charge in [0.1, 0.15) is 5.75 Å². The molecule has 0 spiro atoms. The summed E-state index contributed by atoms with van der Waals surface area (Å²) >= 11 is 0. The van der Waals surface area contributed by atoms with E-state index in [0.29, 0.717) is 12.2 Å². The number of nitrogens with one attached hydrogen (secondary N) is 1. The highest BCUT2D eigenvalue weighted by Gasteiger charge is 2.30. The lowest BCUT2D eigenvalue weighted by Crippen LogP contribution is -2.45. The molecule has 4 heteroatoms. The lowest BCUT2D eigenvalue weighted by molar-refractivity contribution is -0.129. The van der Waals surface area contributed by atoms with Crippen LogP contribution in [0.1, 0.15) is 32.6 Å². The third-order valence-corrected chi connectivity index (χ3v) is 3.91. The van der Waals surface area contributed by atoms with Gasteiger partial charge in [-0.05, 0) is 31.4 Å². The third-order valence-electron chi connectivity index (χ3n) is 3.91. The second kappa shape index (κ2) is 7.29. The number of amides is 1. The van der Waals surface area contributed by atoms with Crippen LogP contribution in [0.15, 0.2) is 30.3 Å². The Morgan fingerprint density at radius 1 is 1.40 bits per heavy atom. The minimum absolute atomic E-state index is 0.0818. The molecule has 1 amide bonds. The zero-order valence-electron chi connectivity index (χ0n) is 11.9. The molecule has 0 heterocycles.